The van der Waals surface area contributed by atoms with Crippen molar-refractivity contribution < 1.29 is 30.7 Å². The van der Waals surface area contributed by atoms with E-state index in [9.17, 15) is 30.7 Å². The molecule has 0 saturated carbocycles. The fourth-order valence-electron chi connectivity index (χ4n) is 0.959. The summed E-state index contributed by atoms with van der Waals surface area (Å²) in [5, 5.41) is 0. The third kappa shape index (κ3) is 1.48. The molecule has 1 aliphatic carbocycles. The minimum Gasteiger partial charge on any atom is -0.228 e. The number of hydrogen-bond donors (Lipinski definition) is 0. The maximum Gasteiger partial charge on any atom is 0.342 e. The monoisotopic (exact) mass is 346 g/mol. The Labute approximate surface area is 93.0 Å². The lowest BCUT2D eigenvalue weighted by molar-refractivity contribution is -0.105. The quantitative estimate of drug-likeness (QED) is 0.381. The van der Waals surface area contributed by atoms with Crippen LogP contribution in [-0.2, 0) is 0 Å². The second-order valence-electron chi connectivity index (χ2n) is 2.77. The molecule has 0 nitrogen and oxygen atoms in total. The van der Waals surface area contributed by atoms with Crippen LogP contribution >= 0.6 is 22.6 Å². The van der Waals surface area contributed by atoms with Crippen LogP contribution in [0.3, 0.4) is 0 Å². The molecule has 0 saturated heterocycles. The van der Waals surface area contributed by atoms with E-state index in [1.807, 2.05) is 0 Å². The smallest absolute Gasteiger partial charge is 0.228 e. The summed E-state index contributed by atoms with van der Waals surface area (Å²) in [7, 11) is 0. The summed E-state index contributed by atoms with van der Waals surface area (Å²) in [6.45, 7) is 0. The lowest BCUT2D eigenvalue weighted by Gasteiger charge is -2.32. The van der Waals surface area contributed by atoms with Gasteiger partial charge in [-0.1, -0.05) is 22.6 Å². The average Bonchev–Trinajstić information content (AvgIpc) is 2.21. The average molecular weight is 346 g/mol. The van der Waals surface area contributed by atoms with E-state index < -0.39 is 39.3 Å². The highest BCUT2D eigenvalue weighted by atomic mass is 127. The normalized spacial score (nSPS) is 31.2. The maximum absolute atomic E-state index is 13.3. The van der Waals surface area contributed by atoms with Crippen molar-refractivity contribution in [2.24, 2.45) is 0 Å². The van der Waals surface area contributed by atoms with Crippen LogP contribution in [0.5, 0.6) is 0 Å². The van der Waals surface area contributed by atoms with Crippen molar-refractivity contribution >= 4 is 22.6 Å². The first-order chi connectivity index (χ1) is 6.70. The molecule has 0 amide bonds. The molecule has 0 heterocycles. The van der Waals surface area contributed by atoms with Crippen molar-refractivity contribution in [3.05, 3.63) is 23.3 Å². The molecule has 1 rings (SSSR count). The largest absolute Gasteiger partial charge is 0.342 e. The molecular formula is C7H2F7I. The van der Waals surface area contributed by atoms with Crippen molar-refractivity contribution in [1.29, 1.82) is 0 Å². The van der Waals surface area contributed by atoms with Crippen LogP contribution in [0.4, 0.5) is 30.7 Å². The summed E-state index contributed by atoms with van der Waals surface area (Å²) in [6, 6.07) is 0. The van der Waals surface area contributed by atoms with Crippen molar-refractivity contribution in [2.75, 3.05) is 4.43 Å². The lowest BCUT2D eigenvalue weighted by Crippen LogP contribution is -2.49. The summed E-state index contributed by atoms with van der Waals surface area (Å²) in [4.78, 5) is 0. The van der Waals surface area contributed by atoms with Gasteiger partial charge in [-0.15, -0.1) is 0 Å². The van der Waals surface area contributed by atoms with E-state index in [1.54, 1.807) is 0 Å². The fraction of sp³-hybridized carbons (Fsp3) is 0.429. The van der Waals surface area contributed by atoms with Crippen LogP contribution < -0.4 is 0 Å². The second kappa shape index (κ2) is 3.63. The van der Waals surface area contributed by atoms with E-state index in [4.69, 9.17) is 0 Å². The molecule has 0 N–H and O–H groups in total. The molecule has 0 radical (unpaired) electrons. The Hall–Kier alpha value is -0.280. The van der Waals surface area contributed by atoms with Crippen LogP contribution in [0.2, 0.25) is 0 Å². The van der Waals surface area contributed by atoms with E-state index >= 15 is 0 Å². The van der Waals surface area contributed by atoms with Crippen LogP contribution in [-0.4, -0.2) is 16.0 Å². The van der Waals surface area contributed by atoms with E-state index in [1.165, 1.54) is 0 Å². The molecule has 0 spiro atoms. The topological polar surface area (TPSA) is 0 Å². The molecule has 86 valence electrons. The number of halogens is 8. The van der Waals surface area contributed by atoms with Gasteiger partial charge in [-0.25, -0.2) is 22.0 Å². The molecule has 1 aliphatic rings. The molecule has 0 aromatic carbocycles. The van der Waals surface area contributed by atoms with Crippen LogP contribution in [0, 0.1) is 0 Å². The van der Waals surface area contributed by atoms with E-state index in [-0.39, 0.29) is 0 Å². The van der Waals surface area contributed by atoms with Gasteiger partial charge in [-0.3, -0.25) is 0 Å². The van der Waals surface area contributed by atoms with Gasteiger partial charge in [0, 0.05) is 4.43 Å². The van der Waals surface area contributed by atoms with Gasteiger partial charge in [0.15, 0.2) is 17.5 Å². The summed E-state index contributed by atoms with van der Waals surface area (Å²) in [5.41, 5.74) is -4.18. The van der Waals surface area contributed by atoms with Crippen molar-refractivity contribution in [1.82, 2.24) is 0 Å². The number of allylic oxidation sites excluding steroid dienone is 4. The van der Waals surface area contributed by atoms with Crippen molar-refractivity contribution in [3.8, 4) is 0 Å². The van der Waals surface area contributed by atoms with Crippen LogP contribution in [0.25, 0.3) is 0 Å². The predicted molar refractivity (Wildman–Crippen MR) is 46.2 cm³/mol. The van der Waals surface area contributed by atoms with Crippen LogP contribution in [0.1, 0.15) is 0 Å². The number of alkyl halides is 4. The van der Waals surface area contributed by atoms with Gasteiger partial charge in [0.25, 0.3) is 0 Å². The fourth-order valence-corrected chi connectivity index (χ4v) is 1.77. The highest BCUT2D eigenvalue weighted by Gasteiger charge is 2.66. The van der Waals surface area contributed by atoms with Gasteiger partial charge >= 0.3 is 5.92 Å². The van der Waals surface area contributed by atoms with Gasteiger partial charge in [0.05, 0.1) is 0 Å². The Morgan fingerprint density at radius 2 is 1.27 bits per heavy atom. The second-order valence-corrected chi connectivity index (χ2v) is 3.53. The first-order valence-corrected chi connectivity index (χ1v) is 4.97. The van der Waals surface area contributed by atoms with E-state index in [2.05, 4.69) is 0 Å². The standard InChI is InChI=1S/C7H2F7I/c8-2-3(9)5(11)7(13,14)6(12,1-15)4(2)10/h1H2. The predicted octanol–water partition coefficient (Wildman–Crippen LogP) is 4.08. The molecule has 1 atom stereocenters. The van der Waals surface area contributed by atoms with E-state index in [0.717, 1.165) is 22.6 Å². The minimum absolute atomic E-state index is 0.983. The van der Waals surface area contributed by atoms with Crippen molar-refractivity contribution in [3.63, 3.8) is 0 Å². The summed E-state index contributed by atoms with van der Waals surface area (Å²) < 4.78 is 87.8. The van der Waals surface area contributed by atoms with Crippen LogP contribution in [0.15, 0.2) is 23.3 Å². The Kier molecular flexibility index (Phi) is 3.10. The van der Waals surface area contributed by atoms with Gasteiger partial charge < -0.3 is 0 Å². The Morgan fingerprint density at radius 1 is 0.867 bits per heavy atom. The molecule has 0 aliphatic heterocycles. The number of hydrogen-bond acceptors (Lipinski definition) is 0. The SMILES string of the molecule is FC1=C(F)C(F)(F)C(F)(CI)C(F)=C1F. The van der Waals surface area contributed by atoms with Crippen molar-refractivity contribution in [2.45, 2.75) is 11.6 Å². The maximum atomic E-state index is 13.3. The van der Waals surface area contributed by atoms with Gasteiger partial charge in [-0.05, 0) is 0 Å². The zero-order valence-corrected chi connectivity index (χ0v) is 8.89. The molecular weight excluding hydrogens is 344 g/mol. The van der Waals surface area contributed by atoms with Gasteiger partial charge in [0.1, 0.15) is 0 Å². The zero-order valence-electron chi connectivity index (χ0n) is 6.73. The summed E-state index contributed by atoms with van der Waals surface area (Å²) in [6.07, 6.45) is 0. The lowest BCUT2D eigenvalue weighted by atomic mass is 9.92. The molecule has 0 bridgehead atoms. The molecule has 0 aromatic heterocycles. The Morgan fingerprint density at radius 3 is 1.67 bits per heavy atom. The highest BCUT2D eigenvalue weighted by molar-refractivity contribution is 14.1. The van der Waals surface area contributed by atoms with Gasteiger partial charge in [0.2, 0.25) is 11.5 Å². The van der Waals surface area contributed by atoms with Gasteiger partial charge in [-0.2, -0.15) is 8.78 Å². The molecule has 15 heavy (non-hydrogen) atoms. The molecule has 8 heteroatoms. The first-order valence-electron chi connectivity index (χ1n) is 3.44. The Balaban J connectivity index is 3.50. The molecule has 0 aromatic rings. The van der Waals surface area contributed by atoms with E-state index in [0.29, 0.717) is 0 Å². The Bertz CT molecular complexity index is 358. The molecule has 0 fully saturated rings. The molecule has 1 unspecified atom stereocenters. The summed E-state index contributed by atoms with van der Waals surface area (Å²) >= 11 is 0.983. The first kappa shape index (κ1) is 12.8. The number of rotatable bonds is 1. The summed E-state index contributed by atoms with van der Waals surface area (Å²) in [5.74, 6) is -15.9. The minimum atomic E-state index is -5.04. The zero-order chi connectivity index (χ0) is 12.0. The highest BCUT2D eigenvalue weighted by Crippen LogP contribution is 2.52. The third-order valence-corrected chi connectivity index (χ3v) is 2.93. The third-order valence-electron chi connectivity index (χ3n) is 1.88.